The van der Waals surface area contributed by atoms with Crippen molar-refractivity contribution in [1.82, 2.24) is 14.8 Å². The van der Waals surface area contributed by atoms with E-state index in [0.29, 0.717) is 35.5 Å². The summed E-state index contributed by atoms with van der Waals surface area (Å²) in [5, 5.41) is 12.2. The largest absolute Gasteiger partial charge is 0.355 e. The Morgan fingerprint density at radius 1 is 1.10 bits per heavy atom. The number of aliphatic imine (C=N–C) groups is 1. The number of amides is 1. The van der Waals surface area contributed by atoms with Crippen LogP contribution < -0.4 is 4.90 Å². The normalized spacial score (nSPS) is 20.4. The van der Waals surface area contributed by atoms with E-state index in [0.717, 1.165) is 39.9 Å². The number of para-hydroxylation sites is 1. The summed E-state index contributed by atoms with van der Waals surface area (Å²) in [5.74, 6) is 1.09. The van der Waals surface area contributed by atoms with Crippen LogP contribution in [0.2, 0.25) is 5.02 Å². The quantitative estimate of drug-likeness (QED) is 0.371. The van der Waals surface area contributed by atoms with Gasteiger partial charge in [0.1, 0.15) is 11.7 Å². The molecule has 1 N–H and O–H groups in total. The van der Waals surface area contributed by atoms with Gasteiger partial charge in [0.2, 0.25) is 12.3 Å². The molecular weight excluding hydrogens is 534 g/mol. The lowest BCUT2D eigenvalue weighted by Gasteiger charge is -2.47. The molecule has 2 aliphatic rings. The van der Waals surface area contributed by atoms with Gasteiger partial charge in [-0.15, -0.1) is 0 Å². The summed E-state index contributed by atoms with van der Waals surface area (Å²) in [6.07, 6.45) is 2.70. The number of rotatable bonds is 5. The lowest BCUT2D eigenvalue weighted by Crippen LogP contribution is -2.60. The molecule has 0 radical (unpaired) electrons. The van der Waals surface area contributed by atoms with E-state index >= 15 is 0 Å². The summed E-state index contributed by atoms with van der Waals surface area (Å²) in [6, 6.07) is 15.7. The zero-order valence-electron chi connectivity index (χ0n) is 24.0. The van der Waals surface area contributed by atoms with Crippen LogP contribution in [0.3, 0.4) is 0 Å². The van der Waals surface area contributed by atoms with E-state index in [1.54, 1.807) is 11.0 Å². The van der Waals surface area contributed by atoms with Crippen molar-refractivity contribution in [3.8, 4) is 11.3 Å². The van der Waals surface area contributed by atoms with Crippen LogP contribution in [0.4, 0.5) is 11.5 Å². The standard InChI is InChI=1S/C33H36ClN5O2/c1-7-23-14-10-11-16-25(23)29-27(34)17-26-31(35-29)39(30-20(4)13-12-15-24(30)8-2)33(41)36-32(26)38-21(5)18-37(19-22(38)6)28(40)9-3/h7,9-17,21-22,33,41H,1,3,8,18-19H2,2,4-6H3/t21-,22-,33?/m0/s1. The SMILES string of the molecule is C=CC(=O)N1C[C@H](C)N(C2=NC(O)N(c3c(C)cccc3CC)c3nc(-c4ccccc4C=C)c(Cl)cc32)[C@@H](C)C1. The van der Waals surface area contributed by atoms with Gasteiger partial charge in [-0.25, -0.2) is 9.98 Å². The van der Waals surface area contributed by atoms with Crippen LogP contribution in [0.25, 0.3) is 17.3 Å². The third kappa shape index (κ3) is 5.04. The van der Waals surface area contributed by atoms with Crippen molar-refractivity contribution in [3.63, 3.8) is 0 Å². The van der Waals surface area contributed by atoms with Crippen molar-refractivity contribution in [2.45, 2.75) is 52.6 Å². The van der Waals surface area contributed by atoms with Gasteiger partial charge in [0.05, 0.1) is 22.0 Å². The van der Waals surface area contributed by atoms with Crippen LogP contribution in [-0.4, -0.2) is 63.2 Å². The minimum Gasteiger partial charge on any atom is -0.355 e. The highest BCUT2D eigenvalue weighted by molar-refractivity contribution is 6.33. The van der Waals surface area contributed by atoms with E-state index in [-0.39, 0.29) is 18.0 Å². The molecule has 1 aromatic heterocycles. The van der Waals surface area contributed by atoms with E-state index in [9.17, 15) is 9.90 Å². The number of aliphatic hydroxyl groups is 1. The summed E-state index contributed by atoms with van der Waals surface area (Å²) in [6.45, 7) is 16.9. The third-order valence-electron chi connectivity index (χ3n) is 7.92. The number of carbonyl (C=O) groups excluding carboxylic acids is 1. The maximum absolute atomic E-state index is 12.4. The van der Waals surface area contributed by atoms with Crippen LogP contribution >= 0.6 is 11.6 Å². The highest BCUT2D eigenvalue weighted by atomic mass is 35.5. The first-order valence-corrected chi connectivity index (χ1v) is 14.3. The van der Waals surface area contributed by atoms with Crippen molar-refractivity contribution in [2.75, 3.05) is 18.0 Å². The number of aryl methyl sites for hydroxylation is 2. The van der Waals surface area contributed by atoms with Crippen molar-refractivity contribution in [3.05, 3.63) is 95.0 Å². The molecule has 8 heteroatoms. The number of halogens is 1. The molecule has 3 aromatic rings. The average molecular weight is 570 g/mol. The molecule has 0 bridgehead atoms. The minimum absolute atomic E-state index is 0.0717. The number of benzene rings is 2. The van der Waals surface area contributed by atoms with Crippen LogP contribution in [0.1, 0.15) is 43.0 Å². The van der Waals surface area contributed by atoms with E-state index in [4.69, 9.17) is 21.6 Å². The summed E-state index contributed by atoms with van der Waals surface area (Å²) >= 11 is 6.99. The van der Waals surface area contributed by atoms with Crippen LogP contribution in [-0.2, 0) is 11.2 Å². The van der Waals surface area contributed by atoms with Gasteiger partial charge in [-0.1, -0.05) is 80.2 Å². The first-order valence-electron chi connectivity index (χ1n) is 14.0. The molecule has 2 aliphatic heterocycles. The lowest BCUT2D eigenvalue weighted by atomic mass is 9.99. The Morgan fingerprint density at radius 2 is 1.80 bits per heavy atom. The fraction of sp³-hybridized carbons (Fsp3) is 0.303. The van der Waals surface area contributed by atoms with Gasteiger partial charge in [-0.05, 0) is 56.0 Å². The number of pyridine rings is 1. The number of aliphatic hydroxyl groups excluding tert-OH is 1. The molecule has 1 amide bonds. The lowest BCUT2D eigenvalue weighted by molar-refractivity contribution is -0.129. The minimum atomic E-state index is -1.22. The molecule has 41 heavy (non-hydrogen) atoms. The van der Waals surface area contributed by atoms with Crippen molar-refractivity contribution >= 4 is 40.9 Å². The number of piperazine rings is 1. The van der Waals surface area contributed by atoms with Gasteiger partial charge in [0, 0.05) is 30.7 Å². The number of fused-ring (bicyclic) bond motifs is 1. The zero-order valence-corrected chi connectivity index (χ0v) is 24.8. The smallest absolute Gasteiger partial charge is 0.246 e. The van der Waals surface area contributed by atoms with Gasteiger partial charge in [-0.2, -0.15) is 0 Å². The monoisotopic (exact) mass is 569 g/mol. The van der Waals surface area contributed by atoms with E-state index in [1.807, 2.05) is 54.3 Å². The second-order valence-corrected chi connectivity index (χ2v) is 11.0. The number of aromatic nitrogens is 1. The van der Waals surface area contributed by atoms with Gasteiger partial charge >= 0.3 is 0 Å². The predicted molar refractivity (Wildman–Crippen MR) is 168 cm³/mol. The fourth-order valence-electron chi connectivity index (χ4n) is 6.08. The van der Waals surface area contributed by atoms with E-state index in [1.165, 1.54) is 6.08 Å². The Hall–Kier alpha value is -3.94. The van der Waals surface area contributed by atoms with Crippen molar-refractivity contribution in [1.29, 1.82) is 0 Å². The highest BCUT2D eigenvalue weighted by Crippen LogP contribution is 2.42. The van der Waals surface area contributed by atoms with Gasteiger partial charge in [0.15, 0.2) is 0 Å². The molecule has 0 aliphatic carbocycles. The summed E-state index contributed by atoms with van der Waals surface area (Å²) in [5.41, 5.74) is 6.07. The van der Waals surface area contributed by atoms with E-state index in [2.05, 4.69) is 44.9 Å². The van der Waals surface area contributed by atoms with Crippen LogP contribution in [0.15, 0.2) is 72.8 Å². The number of carbonyl (C=O) groups is 1. The summed E-state index contributed by atoms with van der Waals surface area (Å²) in [4.78, 5) is 28.3. The molecule has 0 saturated carbocycles. The molecule has 2 aromatic carbocycles. The molecular formula is C33H36ClN5O2. The summed E-state index contributed by atoms with van der Waals surface area (Å²) < 4.78 is 0. The van der Waals surface area contributed by atoms with Crippen molar-refractivity contribution in [2.24, 2.45) is 4.99 Å². The average Bonchev–Trinajstić information content (AvgIpc) is 2.96. The number of anilines is 2. The predicted octanol–water partition coefficient (Wildman–Crippen LogP) is 6.20. The van der Waals surface area contributed by atoms with E-state index < -0.39 is 6.35 Å². The molecule has 1 unspecified atom stereocenters. The zero-order chi connectivity index (χ0) is 29.4. The van der Waals surface area contributed by atoms with Crippen LogP contribution in [0.5, 0.6) is 0 Å². The number of nitrogens with zero attached hydrogens (tertiary/aromatic N) is 5. The second-order valence-electron chi connectivity index (χ2n) is 10.6. The van der Waals surface area contributed by atoms with Gasteiger partial charge in [-0.3, -0.25) is 9.69 Å². The Morgan fingerprint density at radius 3 is 2.46 bits per heavy atom. The number of hydrogen-bond acceptors (Lipinski definition) is 6. The molecule has 1 fully saturated rings. The Balaban J connectivity index is 1.73. The molecule has 0 spiro atoms. The Kier molecular flexibility index (Phi) is 8.02. The van der Waals surface area contributed by atoms with Gasteiger partial charge in [0.25, 0.3) is 0 Å². The highest BCUT2D eigenvalue weighted by Gasteiger charge is 2.40. The first-order chi connectivity index (χ1) is 19.7. The van der Waals surface area contributed by atoms with Gasteiger partial charge < -0.3 is 14.9 Å². The Labute approximate surface area is 247 Å². The molecule has 5 rings (SSSR count). The molecule has 3 atom stereocenters. The Bertz CT molecular complexity index is 1540. The first kappa shape index (κ1) is 28.6. The molecule has 1 saturated heterocycles. The molecule has 212 valence electrons. The topological polar surface area (TPSA) is 72.3 Å². The maximum Gasteiger partial charge on any atom is 0.246 e. The summed E-state index contributed by atoms with van der Waals surface area (Å²) in [7, 11) is 0. The third-order valence-corrected chi connectivity index (χ3v) is 8.21. The maximum atomic E-state index is 12.4. The fourth-order valence-corrected chi connectivity index (χ4v) is 6.33. The number of hydrogen-bond donors (Lipinski definition) is 1. The molecule has 7 nitrogen and oxygen atoms in total. The second kappa shape index (κ2) is 11.5. The molecule has 3 heterocycles. The van der Waals surface area contributed by atoms with Crippen molar-refractivity contribution < 1.29 is 9.90 Å². The van der Waals surface area contributed by atoms with Crippen LogP contribution in [0, 0.1) is 6.92 Å². The number of amidine groups is 1.